The smallest absolute Gasteiger partial charge is 0.262 e. The monoisotopic (exact) mass is 440 g/mol. The molecular formula is C18H21BrN2O4S. The number of hydrogen-bond acceptors (Lipinski definition) is 4. The van der Waals surface area contributed by atoms with Gasteiger partial charge in [0, 0.05) is 15.7 Å². The summed E-state index contributed by atoms with van der Waals surface area (Å²) in [6, 6.07) is 13.1. The molecule has 0 saturated heterocycles. The molecule has 6 nitrogen and oxygen atoms in total. The fraction of sp³-hybridized carbons (Fsp3) is 0.278. The van der Waals surface area contributed by atoms with Crippen molar-refractivity contribution in [2.24, 2.45) is 0 Å². The first-order valence-corrected chi connectivity index (χ1v) is 10.1. The zero-order valence-electron chi connectivity index (χ0n) is 14.7. The van der Waals surface area contributed by atoms with Crippen molar-refractivity contribution in [1.82, 2.24) is 4.72 Å². The molecular weight excluding hydrogens is 420 g/mol. The summed E-state index contributed by atoms with van der Waals surface area (Å²) in [6.07, 6.45) is 0. The molecule has 8 heteroatoms. The summed E-state index contributed by atoms with van der Waals surface area (Å²) in [4.78, 5) is 12.0. The van der Waals surface area contributed by atoms with Crippen LogP contribution >= 0.6 is 15.9 Å². The zero-order chi connectivity index (χ0) is 19.4. The number of carbonyl (C=O) groups is 1. The molecule has 0 aliphatic heterocycles. The topological polar surface area (TPSA) is 84.5 Å². The lowest BCUT2D eigenvalue weighted by Crippen LogP contribution is -2.40. The first-order valence-electron chi connectivity index (χ1n) is 7.87. The van der Waals surface area contributed by atoms with Gasteiger partial charge in [-0.3, -0.25) is 4.79 Å². The highest BCUT2D eigenvalue weighted by Gasteiger charge is 2.21. The Labute approximate surface area is 162 Å². The molecule has 0 fully saturated rings. The Hall–Kier alpha value is -1.90. The van der Waals surface area contributed by atoms with E-state index in [9.17, 15) is 13.2 Å². The Morgan fingerprint density at radius 1 is 1.04 bits per heavy atom. The predicted octanol–water partition coefficient (Wildman–Crippen LogP) is 3.54. The van der Waals surface area contributed by atoms with Crippen LogP contribution in [0.25, 0.3) is 0 Å². The van der Waals surface area contributed by atoms with Gasteiger partial charge >= 0.3 is 0 Å². The van der Waals surface area contributed by atoms with Gasteiger partial charge in [-0.1, -0.05) is 15.9 Å². The Kier molecular flexibility index (Phi) is 6.44. The third kappa shape index (κ3) is 6.44. The van der Waals surface area contributed by atoms with Crippen LogP contribution in [0.4, 0.5) is 5.69 Å². The molecule has 0 bridgehead atoms. The van der Waals surface area contributed by atoms with Gasteiger partial charge in [-0.15, -0.1) is 0 Å². The Morgan fingerprint density at radius 3 is 2.15 bits per heavy atom. The molecule has 0 unspecified atom stereocenters. The van der Waals surface area contributed by atoms with Gasteiger partial charge in [0.05, 0.1) is 4.90 Å². The van der Waals surface area contributed by atoms with Crippen LogP contribution in [0.2, 0.25) is 0 Å². The van der Waals surface area contributed by atoms with Crippen LogP contribution in [0.1, 0.15) is 20.8 Å². The maximum absolute atomic E-state index is 12.2. The minimum absolute atomic E-state index is 0.138. The van der Waals surface area contributed by atoms with Crippen LogP contribution in [0.15, 0.2) is 57.9 Å². The number of nitrogens with one attached hydrogen (secondary N) is 2. The first kappa shape index (κ1) is 20.4. The van der Waals surface area contributed by atoms with Crippen LogP contribution in [-0.2, 0) is 14.8 Å². The fourth-order valence-electron chi connectivity index (χ4n) is 2.06. The lowest BCUT2D eigenvalue weighted by molar-refractivity contribution is -0.118. The molecule has 140 valence electrons. The van der Waals surface area contributed by atoms with Gasteiger partial charge in [-0.25, -0.2) is 13.1 Å². The Morgan fingerprint density at radius 2 is 1.62 bits per heavy atom. The Balaban J connectivity index is 1.92. The maximum atomic E-state index is 12.2. The van der Waals surface area contributed by atoms with Crippen LogP contribution in [0.3, 0.4) is 0 Å². The number of rotatable bonds is 6. The van der Waals surface area contributed by atoms with Crippen molar-refractivity contribution in [1.29, 1.82) is 0 Å². The summed E-state index contributed by atoms with van der Waals surface area (Å²) in [7, 11) is -3.60. The van der Waals surface area contributed by atoms with Gasteiger partial charge in [0.2, 0.25) is 10.0 Å². The van der Waals surface area contributed by atoms with Gasteiger partial charge in [0.1, 0.15) is 5.75 Å². The first-order chi connectivity index (χ1) is 12.0. The summed E-state index contributed by atoms with van der Waals surface area (Å²) in [5.41, 5.74) is 0.0931. The summed E-state index contributed by atoms with van der Waals surface area (Å²) in [5.74, 6) is 0.101. The molecule has 1 amide bonds. The fourth-order valence-corrected chi connectivity index (χ4v) is 3.74. The largest absolute Gasteiger partial charge is 0.484 e. The van der Waals surface area contributed by atoms with Gasteiger partial charge in [0.25, 0.3) is 5.91 Å². The van der Waals surface area contributed by atoms with Crippen LogP contribution in [0.5, 0.6) is 5.75 Å². The van der Waals surface area contributed by atoms with E-state index in [1.165, 1.54) is 24.3 Å². The van der Waals surface area contributed by atoms with Gasteiger partial charge in [0.15, 0.2) is 6.61 Å². The standard InChI is InChI=1S/C18H21BrN2O4S/c1-18(2,3)21-26(23,24)16-10-8-15(9-11-16)25-12-17(22)20-14-6-4-13(19)5-7-14/h4-11,21H,12H2,1-3H3,(H,20,22). The number of benzene rings is 2. The zero-order valence-corrected chi connectivity index (χ0v) is 17.1. The molecule has 2 aromatic carbocycles. The van der Waals surface area contributed by atoms with Gasteiger partial charge in [-0.2, -0.15) is 0 Å². The van der Waals surface area contributed by atoms with E-state index >= 15 is 0 Å². The molecule has 26 heavy (non-hydrogen) atoms. The minimum atomic E-state index is -3.60. The molecule has 0 saturated carbocycles. The lowest BCUT2D eigenvalue weighted by Gasteiger charge is -2.20. The van der Waals surface area contributed by atoms with Crippen molar-refractivity contribution in [3.05, 3.63) is 53.0 Å². The second-order valence-electron chi connectivity index (χ2n) is 6.67. The van der Waals surface area contributed by atoms with Crippen LogP contribution in [0, 0.1) is 0 Å². The molecule has 0 aliphatic carbocycles. The van der Waals surface area contributed by atoms with Crippen molar-refractivity contribution >= 4 is 37.5 Å². The summed E-state index contributed by atoms with van der Waals surface area (Å²) in [5, 5.41) is 2.71. The van der Waals surface area contributed by atoms with Crippen LogP contribution in [-0.4, -0.2) is 26.5 Å². The molecule has 0 radical (unpaired) electrons. The normalized spacial score (nSPS) is 11.8. The van der Waals surface area contributed by atoms with E-state index in [2.05, 4.69) is 26.0 Å². The molecule has 2 N–H and O–H groups in total. The highest BCUT2D eigenvalue weighted by Crippen LogP contribution is 2.18. The van der Waals surface area contributed by atoms with E-state index in [1.807, 2.05) is 12.1 Å². The van der Waals surface area contributed by atoms with Crippen molar-refractivity contribution in [3.8, 4) is 5.75 Å². The van der Waals surface area contributed by atoms with Gasteiger partial charge < -0.3 is 10.1 Å². The molecule has 0 aliphatic rings. The molecule has 0 atom stereocenters. The molecule has 0 aromatic heterocycles. The van der Waals surface area contributed by atoms with E-state index < -0.39 is 15.6 Å². The number of ether oxygens (including phenoxy) is 1. The van der Waals surface area contributed by atoms with E-state index in [1.54, 1.807) is 32.9 Å². The number of anilines is 1. The molecule has 2 rings (SSSR count). The molecule has 2 aromatic rings. The molecule has 0 heterocycles. The van der Waals surface area contributed by atoms with Crippen LogP contribution < -0.4 is 14.8 Å². The van der Waals surface area contributed by atoms with Crippen molar-refractivity contribution in [2.75, 3.05) is 11.9 Å². The molecule has 0 spiro atoms. The predicted molar refractivity (Wildman–Crippen MR) is 105 cm³/mol. The SMILES string of the molecule is CC(C)(C)NS(=O)(=O)c1ccc(OCC(=O)Nc2ccc(Br)cc2)cc1. The third-order valence-electron chi connectivity index (χ3n) is 3.07. The van der Waals surface area contributed by atoms with E-state index in [0.717, 1.165) is 4.47 Å². The van der Waals surface area contributed by atoms with Crippen molar-refractivity contribution in [2.45, 2.75) is 31.2 Å². The Bertz CT molecular complexity index is 858. The van der Waals surface area contributed by atoms with Gasteiger partial charge in [-0.05, 0) is 69.3 Å². The number of amides is 1. The number of halogens is 1. The van der Waals surface area contributed by atoms with Crippen molar-refractivity contribution < 1.29 is 17.9 Å². The highest BCUT2D eigenvalue weighted by molar-refractivity contribution is 9.10. The average Bonchev–Trinajstić information content (AvgIpc) is 2.53. The number of carbonyl (C=O) groups excluding carboxylic acids is 1. The second kappa shape index (κ2) is 8.20. The quantitative estimate of drug-likeness (QED) is 0.718. The summed E-state index contributed by atoms with van der Waals surface area (Å²) < 4.78 is 33.4. The second-order valence-corrected chi connectivity index (χ2v) is 9.27. The number of sulfonamides is 1. The lowest BCUT2D eigenvalue weighted by atomic mass is 10.1. The minimum Gasteiger partial charge on any atom is -0.484 e. The van der Waals surface area contributed by atoms with Crippen molar-refractivity contribution in [3.63, 3.8) is 0 Å². The third-order valence-corrected chi connectivity index (χ3v) is 5.38. The summed E-state index contributed by atoms with van der Waals surface area (Å²) >= 11 is 3.32. The average molecular weight is 441 g/mol. The summed E-state index contributed by atoms with van der Waals surface area (Å²) in [6.45, 7) is 5.13. The van der Waals surface area contributed by atoms with E-state index in [4.69, 9.17) is 4.74 Å². The van der Waals surface area contributed by atoms with E-state index in [-0.39, 0.29) is 17.4 Å². The number of hydrogen-bond donors (Lipinski definition) is 2. The maximum Gasteiger partial charge on any atom is 0.262 e. The highest BCUT2D eigenvalue weighted by atomic mass is 79.9. The van der Waals surface area contributed by atoms with E-state index in [0.29, 0.717) is 11.4 Å².